The summed E-state index contributed by atoms with van der Waals surface area (Å²) in [6.07, 6.45) is 5.15. The van der Waals surface area contributed by atoms with Gasteiger partial charge in [-0.1, -0.05) is 19.4 Å². The van der Waals surface area contributed by atoms with Crippen molar-refractivity contribution in [1.82, 2.24) is 0 Å². The Kier molecular flexibility index (Phi) is 7.92. The van der Waals surface area contributed by atoms with E-state index in [-0.39, 0.29) is 12.6 Å². The normalized spacial score (nSPS) is 10.8. The van der Waals surface area contributed by atoms with E-state index < -0.39 is 0 Å². The highest BCUT2D eigenvalue weighted by Crippen LogP contribution is 2.35. The Hall–Kier alpha value is -0.810. The Labute approximate surface area is 136 Å². The Morgan fingerprint density at radius 2 is 1.90 bits per heavy atom. The summed E-state index contributed by atoms with van der Waals surface area (Å²) in [6, 6.07) is 4.10. The van der Waals surface area contributed by atoms with Crippen molar-refractivity contribution in [3.05, 3.63) is 38.8 Å². The third-order valence-corrected chi connectivity index (χ3v) is 3.65. The lowest BCUT2D eigenvalue weighted by Gasteiger charge is -2.12. The highest BCUT2D eigenvalue weighted by atomic mass is 79.9. The van der Waals surface area contributed by atoms with Gasteiger partial charge in [-0.3, -0.25) is 0 Å². The first-order valence-corrected chi connectivity index (χ1v) is 8.07. The first-order valence-electron chi connectivity index (χ1n) is 6.48. The molecule has 0 heterocycles. The molecule has 0 unspecified atom stereocenters. The SMILES string of the molecule is CC=CC(=O)OCCOc1c(Br)cc(CCC)cc1Br. The zero-order chi connectivity index (χ0) is 15.0. The van der Waals surface area contributed by atoms with Crippen LogP contribution in [0.3, 0.4) is 0 Å². The van der Waals surface area contributed by atoms with Crippen molar-refractivity contribution in [3.63, 3.8) is 0 Å². The lowest BCUT2D eigenvalue weighted by Crippen LogP contribution is -2.10. The van der Waals surface area contributed by atoms with Crippen molar-refractivity contribution in [3.8, 4) is 5.75 Å². The molecule has 3 nitrogen and oxygen atoms in total. The van der Waals surface area contributed by atoms with Crippen molar-refractivity contribution in [1.29, 1.82) is 0 Å². The molecule has 0 saturated carbocycles. The summed E-state index contributed by atoms with van der Waals surface area (Å²) in [5, 5.41) is 0. The molecular formula is C15H18Br2O3. The van der Waals surface area contributed by atoms with E-state index in [2.05, 4.69) is 50.9 Å². The van der Waals surface area contributed by atoms with Crippen molar-refractivity contribution >= 4 is 37.8 Å². The van der Waals surface area contributed by atoms with Gasteiger partial charge in [0.1, 0.15) is 19.0 Å². The molecule has 1 rings (SSSR count). The number of rotatable bonds is 7. The summed E-state index contributed by atoms with van der Waals surface area (Å²) in [6.45, 7) is 4.45. The van der Waals surface area contributed by atoms with Crippen LogP contribution >= 0.6 is 31.9 Å². The van der Waals surface area contributed by atoms with E-state index >= 15 is 0 Å². The fourth-order valence-electron chi connectivity index (χ4n) is 1.65. The molecule has 0 saturated heterocycles. The first-order chi connectivity index (χ1) is 9.58. The first kappa shape index (κ1) is 17.2. The molecule has 0 fully saturated rings. The topological polar surface area (TPSA) is 35.5 Å². The molecule has 0 aliphatic rings. The van der Waals surface area contributed by atoms with Crippen LogP contribution in [0.1, 0.15) is 25.8 Å². The summed E-state index contributed by atoms with van der Waals surface area (Å²) >= 11 is 7.00. The quantitative estimate of drug-likeness (QED) is 0.376. The molecule has 0 N–H and O–H groups in total. The van der Waals surface area contributed by atoms with E-state index in [0.717, 1.165) is 27.5 Å². The second-order valence-electron chi connectivity index (χ2n) is 4.15. The van der Waals surface area contributed by atoms with Gasteiger partial charge in [0.15, 0.2) is 0 Å². The van der Waals surface area contributed by atoms with Gasteiger partial charge in [-0.05, 0) is 62.9 Å². The molecule has 0 spiro atoms. The van der Waals surface area contributed by atoms with Gasteiger partial charge in [0.25, 0.3) is 0 Å². The lowest BCUT2D eigenvalue weighted by atomic mass is 10.1. The predicted octanol–water partition coefficient (Wildman–Crippen LogP) is 4.66. The number of hydrogen-bond acceptors (Lipinski definition) is 3. The number of aryl methyl sites for hydroxylation is 1. The molecule has 1 aromatic carbocycles. The summed E-state index contributed by atoms with van der Waals surface area (Å²) in [4.78, 5) is 11.1. The van der Waals surface area contributed by atoms with Crippen molar-refractivity contribution in [2.75, 3.05) is 13.2 Å². The van der Waals surface area contributed by atoms with E-state index in [4.69, 9.17) is 9.47 Å². The van der Waals surface area contributed by atoms with Gasteiger partial charge in [0.2, 0.25) is 0 Å². The largest absolute Gasteiger partial charge is 0.488 e. The van der Waals surface area contributed by atoms with E-state index in [1.165, 1.54) is 11.6 Å². The molecule has 1 aromatic rings. The zero-order valence-electron chi connectivity index (χ0n) is 11.6. The second kappa shape index (κ2) is 9.19. The number of allylic oxidation sites excluding steroid dienone is 1. The number of benzene rings is 1. The van der Waals surface area contributed by atoms with Crippen LogP contribution in [-0.4, -0.2) is 19.2 Å². The number of halogens is 2. The van der Waals surface area contributed by atoms with Crippen molar-refractivity contribution in [2.45, 2.75) is 26.7 Å². The van der Waals surface area contributed by atoms with Crippen LogP contribution in [0.5, 0.6) is 5.75 Å². The predicted molar refractivity (Wildman–Crippen MR) is 87.1 cm³/mol. The maximum atomic E-state index is 11.1. The monoisotopic (exact) mass is 404 g/mol. The Morgan fingerprint density at radius 1 is 1.25 bits per heavy atom. The number of carbonyl (C=O) groups is 1. The molecule has 0 bridgehead atoms. The average Bonchev–Trinajstić information content (AvgIpc) is 2.37. The van der Waals surface area contributed by atoms with Crippen LogP contribution in [0.15, 0.2) is 33.2 Å². The van der Waals surface area contributed by atoms with Crippen LogP contribution in [-0.2, 0) is 16.0 Å². The fraction of sp³-hybridized carbons (Fsp3) is 0.400. The second-order valence-corrected chi connectivity index (χ2v) is 5.86. The van der Waals surface area contributed by atoms with Crippen molar-refractivity contribution in [2.24, 2.45) is 0 Å². The average molecular weight is 406 g/mol. The van der Waals surface area contributed by atoms with E-state index in [1.54, 1.807) is 13.0 Å². The minimum atomic E-state index is -0.354. The minimum absolute atomic E-state index is 0.221. The summed E-state index contributed by atoms with van der Waals surface area (Å²) in [7, 11) is 0. The number of ether oxygens (including phenoxy) is 2. The maximum Gasteiger partial charge on any atom is 0.330 e. The van der Waals surface area contributed by atoms with Crippen LogP contribution in [0.25, 0.3) is 0 Å². The molecule has 20 heavy (non-hydrogen) atoms. The van der Waals surface area contributed by atoms with Gasteiger partial charge >= 0.3 is 5.97 Å². The Morgan fingerprint density at radius 3 is 2.45 bits per heavy atom. The molecule has 0 aromatic heterocycles. The van der Waals surface area contributed by atoms with E-state index in [0.29, 0.717) is 6.61 Å². The van der Waals surface area contributed by atoms with Gasteiger partial charge in [-0.2, -0.15) is 0 Å². The standard InChI is InChI=1S/C15H18Br2O3/c1-3-5-11-9-12(16)15(13(17)10-11)20-8-7-19-14(18)6-4-2/h4,6,9-10H,3,5,7-8H2,1-2H3. The number of esters is 1. The molecule has 0 amide bonds. The number of carbonyl (C=O) groups excluding carboxylic acids is 1. The zero-order valence-corrected chi connectivity index (χ0v) is 14.8. The molecular weight excluding hydrogens is 388 g/mol. The summed E-state index contributed by atoms with van der Waals surface area (Å²) in [5.41, 5.74) is 1.25. The van der Waals surface area contributed by atoms with Crippen LogP contribution < -0.4 is 4.74 Å². The van der Waals surface area contributed by atoms with Crippen LogP contribution in [0.4, 0.5) is 0 Å². The van der Waals surface area contributed by atoms with E-state index in [9.17, 15) is 4.79 Å². The van der Waals surface area contributed by atoms with Gasteiger partial charge in [-0.15, -0.1) is 0 Å². The molecule has 0 aliphatic carbocycles. The van der Waals surface area contributed by atoms with Gasteiger partial charge < -0.3 is 9.47 Å². The molecule has 0 radical (unpaired) electrons. The molecule has 0 aliphatic heterocycles. The third kappa shape index (κ3) is 5.67. The Balaban J connectivity index is 2.54. The van der Waals surface area contributed by atoms with Gasteiger partial charge in [0, 0.05) is 6.08 Å². The van der Waals surface area contributed by atoms with Crippen molar-refractivity contribution < 1.29 is 14.3 Å². The molecule has 5 heteroatoms. The fourth-order valence-corrected chi connectivity index (χ4v) is 3.16. The smallest absolute Gasteiger partial charge is 0.330 e. The summed E-state index contributed by atoms with van der Waals surface area (Å²) in [5.74, 6) is 0.375. The van der Waals surface area contributed by atoms with Crippen LogP contribution in [0.2, 0.25) is 0 Å². The lowest BCUT2D eigenvalue weighted by molar-refractivity contribution is -0.138. The molecule has 110 valence electrons. The van der Waals surface area contributed by atoms with Crippen LogP contribution in [0, 0.1) is 0 Å². The number of hydrogen-bond donors (Lipinski definition) is 0. The maximum absolute atomic E-state index is 11.1. The highest BCUT2D eigenvalue weighted by Gasteiger charge is 2.09. The van der Waals surface area contributed by atoms with E-state index in [1.807, 2.05) is 0 Å². The molecule has 0 atom stereocenters. The highest BCUT2D eigenvalue weighted by molar-refractivity contribution is 9.11. The van der Waals surface area contributed by atoms with Gasteiger partial charge in [-0.25, -0.2) is 4.79 Å². The minimum Gasteiger partial charge on any atom is -0.488 e. The Bertz CT molecular complexity index is 461. The summed E-state index contributed by atoms with van der Waals surface area (Å²) < 4.78 is 12.4. The third-order valence-electron chi connectivity index (χ3n) is 2.47. The van der Waals surface area contributed by atoms with Gasteiger partial charge in [0.05, 0.1) is 8.95 Å².